The molecule has 0 saturated heterocycles. The lowest BCUT2D eigenvalue weighted by molar-refractivity contribution is 0.674. The van der Waals surface area contributed by atoms with Crippen LogP contribution < -0.4 is 0 Å². The fourth-order valence-corrected chi connectivity index (χ4v) is 2.69. The molecule has 1 N–H and O–H groups in total. The summed E-state index contributed by atoms with van der Waals surface area (Å²) < 4.78 is 6.69. The van der Waals surface area contributed by atoms with Crippen molar-refractivity contribution in [1.29, 1.82) is 0 Å². The van der Waals surface area contributed by atoms with Crippen LogP contribution in [0.4, 0.5) is 0 Å². The van der Waals surface area contributed by atoms with Crippen molar-refractivity contribution in [2.45, 2.75) is 39.7 Å². The molecule has 2 aromatic rings. The molecule has 7 heteroatoms. The first-order valence-electron chi connectivity index (χ1n) is 5.63. The van der Waals surface area contributed by atoms with Crippen molar-refractivity contribution >= 4 is 23.8 Å². The Morgan fingerprint density at radius 1 is 1.47 bits per heavy atom. The van der Waals surface area contributed by atoms with Crippen LogP contribution >= 0.6 is 23.8 Å². The number of nitrogens with zero attached hydrogens (tertiary/aromatic N) is 4. The van der Waals surface area contributed by atoms with E-state index in [0.29, 0.717) is 10.7 Å². The van der Waals surface area contributed by atoms with Crippen molar-refractivity contribution in [2.75, 3.05) is 0 Å². The quantitative estimate of drug-likeness (QED) is 0.867. The van der Waals surface area contributed by atoms with Gasteiger partial charge in [-0.15, -0.1) is 5.10 Å². The maximum Gasteiger partial charge on any atom is 0.195 e. The number of rotatable bonds is 4. The van der Waals surface area contributed by atoms with Crippen LogP contribution in [0.15, 0.2) is 0 Å². The van der Waals surface area contributed by atoms with Gasteiger partial charge in [0.25, 0.3) is 0 Å². The van der Waals surface area contributed by atoms with E-state index in [-0.39, 0.29) is 0 Å². The molecule has 0 fully saturated rings. The highest BCUT2D eigenvalue weighted by Gasteiger charge is 2.18. The van der Waals surface area contributed by atoms with Crippen LogP contribution in [0.5, 0.6) is 0 Å². The van der Waals surface area contributed by atoms with Gasteiger partial charge in [0, 0.05) is 6.54 Å². The van der Waals surface area contributed by atoms with Crippen LogP contribution in [0, 0.1) is 4.77 Å². The number of hydrogen-bond donors (Lipinski definition) is 1. The van der Waals surface area contributed by atoms with E-state index in [1.165, 1.54) is 11.5 Å². The topological polar surface area (TPSA) is 59.4 Å². The summed E-state index contributed by atoms with van der Waals surface area (Å²) in [5.41, 5.74) is 0.987. The number of H-pyrrole nitrogens is 1. The Bertz CT molecular complexity index is 551. The second-order valence-corrected chi connectivity index (χ2v) is 5.29. The van der Waals surface area contributed by atoms with Gasteiger partial charge >= 0.3 is 0 Å². The lowest BCUT2D eigenvalue weighted by atomic mass is 10.1. The minimum atomic E-state index is 0.337. The zero-order valence-electron chi connectivity index (χ0n) is 10.1. The third-order valence-corrected chi connectivity index (χ3v) is 3.52. The summed E-state index contributed by atoms with van der Waals surface area (Å²) in [5, 5.41) is 11.3. The normalized spacial score (nSPS) is 11.3. The zero-order chi connectivity index (χ0) is 12.4. The monoisotopic (exact) mass is 269 g/mol. The third kappa shape index (κ3) is 2.30. The van der Waals surface area contributed by atoms with E-state index in [1.54, 1.807) is 0 Å². The van der Waals surface area contributed by atoms with E-state index < -0.39 is 0 Å². The molecule has 0 aliphatic rings. The Hall–Kier alpha value is -1.08. The SMILES string of the molecule is CCCn1c(-c2snnc2C(C)C)n[nH]c1=S. The van der Waals surface area contributed by atoms with Gasteiger partial charge in [0.2, 0.25) is 0 Å². The van der Waals surface area contributed by atoms with E-state index in [2.05, 4.69) is 40.6 Å². The molecule has 0 atom stereocenters. The average molecular weight is 269 g/mol. The van der Waals surface area contributed by atoms with Crippen molar-refractivity contribution in [3.8, 4) is 10.7 Å². The van der Waals surface area contributed by atoms with Gasteiger partial charge in [-0.1, -0.05) is 25.3 Å². The van der Waals surface area contributed by atoms with Crippen molar-refractivity contribution in [3.63, 3.8) is 0 Å². The van der Waals surface area contributed by atoms with E-state index in [1.807, 2.05) is 4.57 Å². The first-order chi connectivity index (χ1) is 8.15. The summed E-state index contributed by atoms with van der Waals surface area (Å²) in [6.45, 7) is 7.18. The number of nitrogens with one attached hydrogen (secondary N) is 1. The molecule has 0 radical (unpaired) electrons. The summed E-state index contributed by atoms with van der Waals surface area (Å²) in [6.07, 6.45) is 1.02. The Labute approximate surface area is 109 Å². The predicted octanol–water partition coefficient (Wildman–Crippen LogP) is 2.99. The second kappa shape index (κ2) is 5.05. The maximum atomic E-state index is 5.23. The molecular weight excluding hydrogens is 254 g/mol. The molecule has 0 aliphatic heterocycles. The zero-order valence-corrected chi connectivity index (χ0v) is 11.7. The molecule has 0 aliphatic carbocycles. The molecule has 0 amide bonds. The molecule has 2 heterocycles. The third-order valence-electron chi connectivity index (χ3n) is 2.47. The lowest BCUT2D eigenvalue weighted by Gasteiger charge is -2.05. The van der Waals surface area contributed by atoms with Crippen LogP contribution in [0.1, 0.15) is 38.8 Å². The van der Waals surface area contributed by atoms with Gasteiger partial charge in [0.15, 0.2) is 10.6 Å². The molecule has 0 saturated carbocycles. The molecule has 17 heavy (non-hydrogen) atoms. The lowest BCUT2D eigenvalue weighted by Crippen LogP contribution is -2.01. The standard InChI is InChI=1S/C10H15N5S2/c1-4-5-15-9(12-13-10(15)16)8-7(6(2)3)11-14-17-8/h6H,4-5H2,1-3H3,(H,13,16). The highest BCUT2D eigenvalue weighted by molar-refractivity contribution is 7.71. The smallest absolute Gasteiger partial charge is 0.195 e. The molecule has 92 valence electrons. The Morgan fingerprint density at radius 2 is 2.24 bits per heavy atom. The summed E-state index contributed by atoms with van der Waals surface area (Å²) in [7, 11) is 0. The molecular formula is C10H15N5S2. The Kier molecular flexibility index (Phi) is 3.68. The largest absolute Gasteiger partial charge is 0.299 e. The summed E-state index contributed by atoms with van der Waals surface area (Å²) in [4.78, 5) is 1.01. The van der Waals surface area contributed by atoms with Gasteiger partial charge in [0.05, 0.1) is 5.69 Å². The van der Waals surface area contributed by atoms with Crippen molar-refractivity contribution in [1.82, 2.24) is 24.4 Å². The molecule has 5 nitrogen and oxygen atoms in total. The number of aromatic amines is 1. The Morgan fingerprint density at radius 3 is 2.88 bits per heavy atom. The van der Waals surface area contributed by atoms with Crippen LogP contribution in [0.3, 0.4) is 0 Å². The molecule has 0 unspecified atom stereocenters. The van der Waals surface area contributed by atoms with Crippen molar-refractivity contribution in [2.24, 2.45) is 0 Å². The maximum absolute atomic E-state index is 5.23. The Balaban J connectivity index is 2.53. The first kappa shape index (κ1) is 12.4. The van der Waals surface area contributed by atoms with E-state index in [4.69, 9.17) is 12.2 Å². The van der Waals surface area contributed by atoms with E-state index in [0.717, 1.165) is 29.4 Å². The molecule has 0 aromatic carbocycles. The van der Waals surface area contributed by atoms with Gasteiger partial charge in [-0.05, 0) is 36.1 Å². The van der Waals surface area contributed by atoms with Gasteiger partial charge in [-0.3, -0.25) is 9.67 Å². The van der Waals surface area contributed by atoms with Crippen LogP contribution in [-0.4, -0.2) is 24.4 Å². The minimum absolute atomic E-state index is 0.337. The number of aromatic nitrogens is 5. The predicted molar refractivity (Wildman–Crippen MR) is 70.7 cm³/mol. The van der Waals surface area contributed by atoms with Crippen LogP contribution in [-0.2, 0) is 6.54 Å². The van der Waals surface area contributed by atoms with E-state index >= 15 is 0 Å². The van der Waals surface area contributed by atoms with Gasteiger partial charge in [0.1, 0.15) is 4.88 Å². The van der Waals surface area contributed by atoms with Crippen molar-refractivity contribution in [3.05, 3.63) is 10.5 Å². The highest BCUT2D eigenvalue weighted by atomic mass is 32.1. The fraction of sp³-hybridized carbons (Fsp3) is 0.600. The summed E-state index contributed by atoms with van der Waals surface area (Å²) >= 11 is 6.60. The first-order valence-corrected chi connectivity index (χ1v) is 6.81. The van der Waals surface area contributed by atoms with Gasteiger partial charge in [-0.2, -0.15) is 5.10 Å². The molecule has 0 spiro atoms. The number of hydrogen-bond acceptors (Lipinski definition) is 5. The second-order valence-electron chi connectivity index (χ2n) is 4.15. The highest BCUT2D eigenvalue weighted by Crippen LogP contribution is 2.29. The molecule has 2 rings (SSSR count). The van der Waals surface area contributed by atoms with Crippen LogP contribution in [0.25, 0.3) is 10.7 Å². The molecule has 2 aromatic heterocycles. The van der Waals surface area contributed by atoms with Crippen LogP contribution in [0.2, 0.25) is 0 Å². The van der Waals surface area contributed by atoms with E-state index in [9.17, 15) is 0 Å². The van der Waals surface area contributed by atoms with Gasteiger partial charge < -0.3 is 0 Å². The van der Waals surface area contributed by atoms with Crippen molar-refractivity contribution < 1.29 is 0 Å². The molecule has 0 bridgehead atoms. The fourth-order valence-electron chi connectivity index (χ4n) is 1.65. The summed E-state index contributed by atoms with van der Waals surface area (Å²) in [5.74, 6) is 1.19. The van der Waals surface area contributed by atoms with Gasteiger partial charge in [-0.25, -0.2) is 0 Å². The minimum Gasteiger partial charge on any atom is -0.299 e. The average Bonchev–Trinajstić information content (AvgIpc) is 2.87. The summed E-state index contributed by atoms with van der Waals surface area (Å²) in [6, 6.07) is 0.